The molecule has 10 heteroatoms. The van der Waals surface area contributed by atoms with Crippen molar-refractivity contribution in [3.63, 3.8) is 0 Å². The number of nitrogens with one attached hydrogen (secondary N) is 1. The molecular formula is C21H15BrClN5O2S. The number of hydrogen-bond donors (Lipinski definition) is 1. The van der Waals surface area contributed by atoms with Crippen molar-refractivity contribution in [1.82, 2.24) is 19.3 Å². The normalized spacial score (nSPS) is 15.2. The molecule has 0 fully saturated rings. The number of fused-ring (bicyclic) bond motifs is 2. The Bertz CT molecular complexity index is 1350. The smallest absolute Gasteiger partial charge is 0.265 e. The van der Waals surface area contributed by atoms with Gasteiger partial charge >= 0.3 is 0 Å². The van der Waals surface area contributed by atoms with Crippen molar-refractivity contribution in [1.29, 1.82) is 0 Å². The van der Waals surface area contributed by atoms with Gasteiger partial charge in [0.15, 0.2) is 10.8 Å². The van der Waals surface area contributed by atoms with Gasteiger partial charge in [0.2, 0.25) is 5.91 Å². The van der Waals surface area contributed by atoms with Gasteiger partial charge in [-0.2, -0.15) is 5.10 Å². The lowest BCUT2D eigenvalue weighted by molar-refractivity contribution is -0.116. The van der Waals surface area contributed by atoms with Gasteiger partial charge in [-0.1, -0.05) is 39.3 Å². The number of hydrogen-bond acceptors (Lipinski definition) is 5. The minimum Gasteiger partial charge on any atom is -0.326 e. The maximum absolute atomic E-state index is 13.2. The lowest BCUT2D eigenvalue weighted by Gasteiger charge is -2.13. The van der Waals surface area contributed by atoms with Gasteiger partial charge in [-0.15, -0.1) is 0 Å². The molecule has 3 heterocycles. The zero-order valence-corrected chi connectivity index (χ0v) is 19.1. The van der Waals surface area contributed by atoms with E-state index < -0.39 is 0 Å². The summed E-state index contributed by atoms with van der Waals surface area (Å²) in [7, 11) is 0. The van der Waals surface area contributed by atoms with E-state index in [4.69, 9.17) is 11.6 Å². The predicted octanol–water partition coefficient (Wildman–Crippen LogP) is 4.67. The van der Waals surface area contributed by atoms with E-state index in [1.807, 2.05) is 36.4 Å². The summed E-state index contributed by atoms with van der Waals surface area (Å²) in [5.41, 5.74) is 1.78. The first-order valence-corrected chi connectivity index (χ1v) is 11.6. The average Bonchev–Trinajstić information content (AvgIpc) is 3.35. The highest BCUT2D eigenvalue weighted by atomic mass is 79.9. The topological polar surface area (TPSA) is 81.8 Å². The van der Waals surface area contributed by atoms with E-state index >= 15 is 0 Å². The summed E-state index contributed by atoms with van der Waals surface area (Å²) in [5, 5.41) is 8.86. The Morgan fingerprint density at radius 1 is 1.19 bits per heavy atom. The van der Waals surface area contributed by atoms with Crippen LogP contribution in [0.2, 0.25) is 5.02 Å². The third-order valence-electron chi connectivity index (χ3n) is 4.99. The Kier molecular flexibility index (Phi) is 5.33. The third kappa shape index (κ3) is 3.88. The molecule has 5 rings (SSSR count). The second-order valence-corrected chi connectivity index (χ2v) is 9.40. The number of halogens is 2. The summed E-state index contributed by atoms with van der Waals surface area (Å²) >= 11 is 10.8. The molecule has 2 aromatic carbocycles. The van der Waals surface area contributed by atoms with Crippen LogP contribution in [-0.4, -0.2) is 31.0 Å². The molecule has 2 aromatic heterocycles. The molecule has 156 valence electrons. The largest absolute Gasteiger partial charge is 0.326 e. The van der Waals surface area contributed by atoms with E-state index in [0.29, 0.717) is 32.7 Å². The number of carbonyl (C=O) groups excluding carboxylic acids is 1. The van der Waals surface area contributed by atoms with Gasteiger partial charge in [-0.3, -0.25) is 14.2 Å². The van der Waals surface area contributed by atoms with E-state index in [9.17, 15) is 9.59 Å². The van der Waals surface area contributed by atoms with Crippen LogP contribution in [0.1, 0.15) is 12.5 Å². The third-order valence-corrected chi connectivity index (χ3v) is 6.87. The van der Waals surface area contributed by atoms with Crippen LogP contribution in [0.15, 0.2) is 69.2 Å². The highest BCUT2D eigenvalue weighted by Gasteiger charge is 2.29. The van der Waals surface area contributed by atoms with Gasteiger partial charge in [0.25, 0.3) is 5.56 Å². The van der Waals surface area contributed by atoms with Gasteiger partial charge in [0, 0.05) is 27.4 Å². The van der Waals surface area contributed by atoms with E-state index in [0.717, 1.165) is 10.2 Å². The first-order valence-electron chi connectivity index (χ1n) is 9.44. The Hall–Kier alpha value is -2.62. The van der Waals surface area contributed by atoms with Crippen molar-refractivity contribution in [3.8, 4) is 5.69 Å². The SMILES string of the molecule is O=C(CC1CSc2nc3c(cnn3-c3ccc(Cl)cc3)c(=O)n21)Nc1ccc(Br)cc1. The van der Waals surface area contributed by atoms with Crippen LogP contribution < -0.4 is 10.9 Å². The molecule has 4 aromatic rings. The van der Waals surface area contributed by atoms with Crippen molar-refractivity contribution < 1.29 is 4.79 Å². The Balaban J connectivity index is 1.44. The Morgan fingerprint density at radius 3 is 2.68 bits per heavy atom. The first kappa shape index (κ1) is 20.3. The maximum Gasteiger partial charge on any atom is 0.265 e. The molecule has 0 radical (unpaired) electrons. The molecule has 0 aliphatic carbocycles. The van der Waals surface area contributed by atoms with Gasteiger partial charge in [-0.05, 0) is 48.5 Å². The average molecular weight is 517 g/mol. The van der Waals surface area contributed by atoms with Crippen LogP contribution in [0.5, 0.6) is 0 Å². The molecule has 0 spiro atoms. The highest BCUT2D eigenvalue weighted by molar-refractivity contribution is 9.10. The summed E-state index contributed by atoms with van der Waals surface area (Å²) in [6, 6.07) is 14.3. The van der Waals surface area contributed by atoms with Crippen LogP contribution in [-0.2, 0) is 4.79 Å². The van der Waals surface area contributed by atoms with Gasteiger partial charge in [0.05, 0.1) is 17.9 Å². The molecule has 1 aliphatic heterocycles. The zero-order chi connectivity index (χ0) is 21.5. The molecule has 1 amide bonds. The van der Waals surface area contributed by atoms with Gasteiger partial charge in [0.1, 0.15) is 5.39 Å². The lowest BCUT2D eigenvalue weighted by Crippen LogP contribution is -2.27. The number of rotatable bonds is 4. The van der Waals surface area contributed by atoms with Crippen molar-refractivity contribution in [3.05, 3.63) is 74.6 Å². The van der Waals surface area contributed by atoms with E-state index in [2.05, 4.69) is 31.3 Å². The molecule has 0 bridgehead atoms. The minimum atomic E-state index is -0.265. The number of anilines is 1. The number of aromatic nitrogens is 4. The molecule has 1 atom stereocenters. The summed E-state index contributed by atoms with van der Waals surface area (Å²) in [6.07, 6.45) is 1.71. The Labute approximate surface area is 194 Å². The number of amides is 1. The minimum absolute atomic E-state index is 0.148. The van der Waals surface area contributed by atoms with Crippen molar-refractivity contribution in [2.45, 2.75) is 17.6 Å². The number of thioether (sulfide) groups is 1. The molecule has 0 saturated heterocycles. The van der Waals surface area contributed by atoms with Crippen molar-refractivity contribution >= 4 is 61.9 Å². The zero-order valence-electron chi connectivity index (χ0n) is 16.0. The molecule has 7 nitrogen and oxygen atoms in total. The fraction of sp³-hybridized carbons (Fsp3) is 0.143. The maximum atomic E-state index is 13.2. The predicted molar refractivity (Wildman–Crippen MR) is 125 cm³/mol. The monoisotopic (exact) mass is 515 g/mol. The quantitative estimate of drug-likeness (QED) is 0.399. The summed E-state index contributed by atoms with van der Waals surface area (Å²) in [6.45, 7) is 0. The molecule has 1 aliphatic rings. The molecule has 0 saturated carbocycles. The number of nitrogens with zero attached hydrogens (tertiary/aromatic N) is 4. The van der Waals surface area contributed by atoms with E-state index in [1.165, 1.54) is 18.0 Å². The standard InChI is InChI=1S/C21H15BrClN5O2S/c22-12-1-5-14(6-2-12)25-18(29)9-16-11-31-21-26-19-17(20(30)27(16)21)10-24-28(19)15-7-3-13(23)4-8-15/h1-8,10,16H,9,11H2,(H,25,29). The van der Waals surface area contributed by atoms with E-state index in [-0.39, 0.29) is 23.9 Å². The molecule has 1 N–H and O–H groups in total. The van der Waals surface area contributed by atoms with Gasteiger partial charge in [-0.25, -0.2) is 9.67 Å². The Morgan fingerprint density at radius 2 is 1.94 bits per heavy atom. The number of carbonyl (C=O) groups is 1. The van der Waals surface area contributed by atoms with Crippen LogP contribution >= 0.6 is 39.3 Å². The fourth-order valence-electron chi connectivity index (χ4n) is 3.51. The van der Waals surface area contributed by atoms with Crippen molar-refractivity contribution in [2.24, 2.45) is 0 Å². The number of benzene rings is 2. The van der Waals surface area contributed by atoms with Gasteiger partial charge < -0.3 is 5.32 Å². The molecular weight excluding hydrogens is 502 g/mol. The van der Waals surface area contributed by atoms with E-state index in [1.54, 1.807) is 21.4 Å². The van der Waals surface area contributed by atoms with Crippen LogP contribution in [0, 0.1) is 0 Å². The molecule has 1 unspecified atom stereocenters. The van der Waals surface area contributed by atoms with Crippen molar-refractivity contribution in [2.75, 3.05) is 11.1 Å². The summed E-state index contributed by atoms with van der Waals surface area (Å²) < 4.78 is 4.18. The fourth-order valence-corrected chi connectivity index (χ4v) is 5.03. The lowest BCUT2D eigenvalue weighted by atomic mass is 10.2. The second-order valence-electron chi connectivity index (χ2n) is 7.06. The van der Waals surface area contributed by atoms with Crippen LogP contribution in [0.25, 0.3) is 16.7 Å². The molecule has 31 heavy (non-hydrogen) atoms. The highest BCUT2D eigenvalue weighted by Crippen LogP contribution is 2.33. The second kappa shape index (κ2) is 8.14. The van der Waals surface area contributed by atoms with Crippen LogP contribution in [0.3, 0.4) is 0 Å². The van der Waals surface area contributed by atoms with Crippen LogP contribution in [0.4, 0.5) is 5.69 Å². The summed E-state index contributed by atoms with van der Waals surface area (Å²) in [5.74, 6) is 0.460. The first-order chi connectivity index (χ1) is 15.0. The summed E-state index contributed by atoms with van der Waals surface area (Å²) in [4.78, 5) is 30.4.